The number of aromatic nitrogens is 1. The van der Waals surface area contributed by atoms with Crippen LogP contribution in [0.2, 0.25) is 0 Å². The summed E-state index contributed by atoms with van der Waals surface area (Å²) < 4.78 is 0. The molecule has 0 aliphatic heterocycles. The average Bonchev–Trinajstić information content (AvgIpc) is 3.38. The van der Waals surface area contributed by atoms with Crippen molar-refractivity contribution in [2.75, 3.05) is 0 Å². The molecule has 2 aromatic rings. The zero-order valence-corrected chi connectivity index (χ0v) is 16.4. The summed E-state index contributed by atoms with van der Waals surface area (Å²) in [6.07, 6.45) is 9.70. The van der Waals surface area contributed by atoms with E-state index in [9.17, 15) is 4.79 Å². The summed E-state index contributed by atoms with van der Waals surface area (Å²) in [5, 5.41) is 3.93. The maximum atomic E-state index is 12.8. The van der Waals surface area contributed by atoms with Crippen LogP contribution in [0.15, 0.2) is 30.3 Å². The van der Waals surface area contributed by atoms with Gasteiger partial charge in [-0.3, -0.25) is 4.79 Å². The first kappa shape index (κ1) is 17.7. The Morgan fingerprint density at radius 2 is 2.04 bits per heavy atom. The SMILES string of the molecule is CCCCCc1sc(C(=O)NC2CC3CCC2C3)nc1-c1ccccc1. The number of nitrogens with one attached hydrogen (secondary N) is 1. The Bertz CT molecular complexity index is 755. The van der Waals surface area contributed by atoms with Gasteiger partial charge in [0.2, 0.25) is 0 Å². The first-order valence-corrected chi connectivity index (χ1v) is 10.9. The minimum Gasteiger partial charge on any atom is -0.347 e. The van der Waals surface area contributed by atoms with Crippen molar-refractivity contribution in [2.45, 2.75) is 64.3 Å². The Kier molecular flexibility index (Phi) is 5.39. The Balaban J connectivity index is 1.52. The maximum Gasteiger partial charge on any atom is 0.280 e. The van der Waals surface area contributed by atoms with Gasteiger partial charge in [-0.15, -0.1) is 11.3 Å². The molecule has 0 spiro atoms. The molecule has 2 aliphatic carbocycles. The lowest BCUT2D eigenvalue weighted by Crippen LogP contribution is -2.38. The van der Waals surface area contributed by atoms with E-state index >= 15 is 0 Å². The summed E-state index contributed by atoms with van der Waals surface area (Å²) in [4.78, 5) is 18.9. The highest BCUT2D eigenvalue weighted by Crippen LogP contribution is 2.44. The standard InChI is InChI=1S/C22H28N2OS/c1-2-3-5-10-19-20(16-8-6-4-7-9-16)24-22(26-19)21(25)23-18-14-15-11-12-17(18)13-15/h4,6-9,15,17-18H,2-3,5,10-14H2,1H3,(H,23,25). The van der Waals surface area contributed by atoms with E-state index in [1.54, 1.807) is 11.3 Å². The van der Waals surface area contributed by atoms with Gasteiger partial charge in [0.05, 0.1) is 5.69 Å². The minimum absolute atomic E-state index is 0.0338. The van der Waals surface area contributed by atoms with Gasteiger partial charge in [-0.25, -0.2) is 4.98 Å². The van der Waals surface area contributed by atoms with Crippen molar-refractivity contribution in [3.63, 3.8) is 0 Å². The number of aryl methyl sites for hydroxylation is 1. The van der Waals surface area contributed by atoms with Crippen molar-refractivity contribution in [1.82, 2.24) is 10.3 Å². The van der Waals surface area contributed by atoms with Crippen LogP contribution in [0.1, 0.15) is 66.5 Å². The molecule has 4 rings (SSSR count). The predicted molar refractivity (Wildman–Crippen MR) is 107 cm³/mol. The van der Waals surface area contributed by atoms with Gasteiger partial charge < -0.3 is 5.32 Å². The highest BCUT2D eigenvalue weighted by molar-refractivity contribution is 7.14. The lowest BCUT2D eigenvalue weighted by Gasteiger charge is -2.22. The van der Waals surface area contributed by atoms with E-state index in [1.807, 2.05) is 18.2 Å². The molecule has 0 saturated heterocycles. The fourth-order valence-corrected chi connectivity index (χ4v) is 5.66. The molecule has 1 N–H and O–H groups in total. The summed E-state index contributed by atoms with van der Waals surface area (Å²) in [5.41, 5.74) is 2.12. The van der Waals surface area contributed by atoms with Gasteiger partial charge >= 0.3 is 0 Å². The fraction of sp³-hybridized carbons (Fsp3) is 0.545. The average molecular weight is 369 g/mol. The van der Waals surface area contributed by atoms with Crippen molar-refractivity contribution in [1.29, 1.82) is 0 Å². The van der Waals surface area contributed by atoms with Crippen molar-refractivity contribution >= 4 is 17.2 Å². The normalized spacial score (nSPS) is 24.1. The van der Waals surface area contributed by atoms with Crippen molar-refractivity contribution in [2.24, 2.45) is 11.8 Å². The first-order valence-electron chi connectivity index (χ1n) is 10.1. The fourth-order valence-electron chi connectivity index (χ4n) is 4.63. The second kappa shape index (κ2) is 7.91. The maximum absolute atomic E-state index is 12.8. The zero-order chi connectivity index (χ0) is 17.9. The molecule has 2 fully saturated rings. The van der Waals surface area contributed by atoms with Crippen LogP contribution in [0.5, 0.6) is 0 Å². The number of unbranched alkanes of at least 4 members (excludes halogenated alkanes) is 2. The summed E-state index contributed by atoms with van der Waals surface area (Å²) in [5.74, 6) is 1.57. The molecule has 138 valence electrons. The van der Waals surface area contributed by atoms with Crippen LogP contribution in [0, 0.1) is 11.8 Å². The number of amides is 1. The predicted octanol–water partition coefficient (Wildman–Crippen LogP) is 5.46. The topological polar surface area (TPSA) is 42.0 Å². The number of rotatable bonds is 7. The molecule has 26 heavy (non-hydrogen) atoms. The quantitative estimate of drug-likeness (QED) is 0.659. The number of thiazole rings is 1. The lowest BCUT2D eigenvalue weighted by atomic mass is 9.95. The molecule has 1 aromatic heterocycles. The van der Waals surface area contributed by atoms with Crippen molar-refractivity contribution in [3.05, 3.63) is 40.2 Å². The Morgan fingerprint density at radius 1 is 1.19 bits per heavy atom. The van der Waals surface area contributed by atoms with Gasteiger partial charge in [0, 0.05) is 16.5 Å². The highest BCUT2D eigenvalue weighted by atomic mass is 32.1. The molecule has 4 heteroatoms. The smallest absolute Gasteiger partial charge is 0.280 e. The molecule has 1 amide bonds. The van der Waals surface area contributed by atoms with Gasteiger partial charge in [0.1, 0.15) is 0 Å². The van der Waals surface area contributed by atoms with Crippen LogP contribution in [0.25, 0.3) is 11.3 Å². The van der Waals surface area contributed by atoms with Crippen molar-refractivity contribution < 1.29 is 4.79 Å². The van der Waals surface area contributed by atoms with E-state index in [0.717, 1.165) is 36.4 Å². The van der Waals surface area contributed by atoms with E-state index in [1.165, 1.54) is 37.0 Å². The Hall–Kier alpha value is -1.68. The van der Waals surface area contributed by atoms with E-state index in [0.29, 0.717) is 17.0 Å². The largest absolute Gasteiger partial charge is 0.347 e. The molecule has 3 nitrogen and oxygen atoms in total. The van der Waals surface area contributed by atoms with Gasteiger partial charge in [-0.1, -0.05) is 56.5 Å². The van der Waals surface area contributed by atoms with E-state index < -0.39 is 0 Å². The van der Waals surface area contributed by atoms with Crippen molar-refractivity contribution in [3.8, 4) is 11.3 Å². The number of carbonyl (C=O) groups excluding carboxylic acids is 1. The Morgan fingerprint density at radius 3 is 2.73 bits per heavy atom. The van der Waals surface area contributed by atoms with Crippen LogP contribution < -0.4 is 5.32 Å². The van der Waals surface area contributed by atoms with E-state index in [4.69, 9.17) is 4.98 Å². The number of hydrogen-bond acceptors (Lipinski definition) is 3. The van der Waals surface area contributed by atoms with Crippen LogP contribution in [-0.2, 0) is 6.42 Å². The zero-order valence-electron chi connectivity index (χ0n) is 15.5. The number of fused-ring (bicyclic) bond motifs is 2. The van der Waals surface area contributed by atoms with Gasteiger partial charge in [0.15, 0.2) is 5.01 Å². The number of carbonyl (C=O) groups is 1. The molecular formula is C22H28N2OS. The first-order chi connectivity index (χ1) is 12.7. The van der Waals surface area contributed by atoms with Gasteiger partial charge in [-0.05, 0) is 43.9 Å². The van der Waals surface area contributed by atoms with Crippen LogP contribution in [-0.4, -0.2) is 16.9 Å². The second-order valence-electron chi connectivity index (χ2n) is 7.87. The molecular weight excluding hydrogens is 340 g/mol. The third-order valence-corrected chi connectivity index (χ3v) is 7.11. The lowest BCUT2D eigenvalue weighted by molar-refractivity contribution is 0.0922. The van der Waals surface area contributed by atoms with E-state index in [-0.39, 0.29) is 5.91 Å². The molecule has 3 atom stereocenters. The number of benzene rings is 1. The number of nitrogens with zero attached hydrogens (tertiary/aromatic N) is 1. The second-order valence-corrected chi connectivity index (χ2v) is 8.95. The summed E-state index contributed by atoms with van der Waals surface area (Å²) in [7, 11) is 0. The molecule has 2 saturated carbocycles. The van der Waals surface area contributed by atoms with Crippen LogP contribution in [0.4, 0.5) is 0 Å². The van der Waals surface area contributed by atoms with Gasteiger partial charge in [0.25, 0.3) is 5.91 Å². The molecule has 1 aromatic carbocycles. The summed E-state index contributed by atoms with van der Waals surface area (Å²) in [6, 6.07) is 10.7. The van der Waals surface area contributed by atoms with E-state index in [2.05, 4.69) is 24.4 Å². The third kappa shape index (κ3) is 3.71. The summed E-state index contributed by atoms with van der Waals surface area (Å²) in [6.45, 7) is 2.22. The molecule has 0 radical (unpaired) electrons. The minimum atomic E-state index is 0.0338. The van der Waals surface area contributed by atoms with Crippen LogP contribution in [0.3, 0.4) is 0 Å². The summed E-state index contributed by atoms with van der Waals surface area (Å²) >= 11 is 1.59. The molecule has 1 heterocycles. The molecule has 2 bridgehead atoms. The monoisotopic (exact) mass is 368 g/mol. The van der Waals surface area contributed by atoms with Crippen LogP contribution >= 0.6 is 11.3 Å². The molecule has 2 aliphatic rings. The third-order valence-electron chi connectivity index (χ3n) is 6.00. The molecule has 3 unspecified atom stereocenters. The van der Waals surface area contributed by atoms with Gasteiger partial charge in [-0.2, -0.15) is 0 Å². The highest BCUT2D eigenvalue weighted by Gasteiger charge is 2.40. The number of hydrogen-bond donors (Lipinski definition) is 1. The Labute approximate surface area is 160 Å².